The Hall–Kier alpha value is -4.34. The third-order valence-electron chi connectivity index (χ3n) is 6.08. The molecule has 6 rings (SSSR count). The van der Waals surface area contributed by atoms with E-state index >= 15 is 0 Å². The Balaban J connectivity index is 1.49. The van der Waals surface area contributed by atoms with Crippen molar-refractivity contribution in [3.05, 3.63) is 127 Å². The molecule has 1 aromatic heterocycles. The van der Waals surface area contributed by atoms with Gasteiger partial charge in [-0.3, -0.25) is 0 Å². The van der Waals surface area contributed by atoms with Crippen LogP contribution in [0.25, 0.3) is 55.8 Å². The zero-order chi connectivity index (χ0) is 23.6. The zero-order valence-electron chi connectivity index (χ0n) is 18.8. The van der Waals surface area contributed by atoms with Crippen LogP contribution < -0.4 is 0 Å². The lowest BCUT2D eigenvalue weighted by atomic mass is 9.94. The fourth-order valence-electron chi connectivity index (χ4n) is 4.44. The van der Waals surface area contributed by atoms with Crippen molar-refractivity contribution in [2.75, 3.05) is 0 Å². The molecule has 0 spiro atoms. The number of benzene rings is 5. The molecule has 0 unspecified atom stereocenters. The highest BCUT2D eigenvalue weighted by molar-refractivity contribution is 6.28. The predicted molar refractivity (Wildman–Crippen MR) is 144 cm³/mol. The quantitative estimate of drug-likeness (QED) is 0.260. The number of hydrogen-bond donors (Lipinski definition) is 0. The molecule has 0 radical (unpaired) electrons. The third-order valence-corrected chi connectivity index (χ3v) is 6.25. The minimum Gasteiger partial charge on any atom is -0.208 e. The Morgan fingerprint density at radius 3 is 1.91 bits per heavy atom. The van der Waals surface area contributed by atoms with Gasteiger partial charge in [-0.25, -0.2) is 4.98 Å². The summed E-state index contributed by atoms with van der Waals surface area (Å²) in [5.41, 5.74) is 6.21. The molecule has 4 heteroatoms. The second kappa shape index (κ2) is 9.13. The van der Waals surface area contributed by atoms with Crippen LogP contribution in [0.4, 0.5) is 0 Å². The van der Waals surface area contributed by atoms with Crippen LogP contribution >= 0.6 is 11.6 Å². The van der Waals surface area contributed by atoms with E-state index < -0.39 is 0 Å². The Kier molecular flexibility index (Phi) is 5.53. The first-order valence-corrected chi connectivity index (χ1v) is 11.8. The van der Waals surface area contributed by atoms with Crippen LogP contribution in [-0.2, 0) is 0 Å². The summed E-state index contributed by atoms with van der Waals surface area (Å²) in [6.07, 6.45) is 0. The van der Waals surface area contributed by atoms with E-state index in [-0.39, 0.29) is 5.28 Å². The van der Waals surface area contributed by atoms with Crippen LogP contribution in [0.3, 0.4) is 0 Å². The van der Waals surface area contributed by atoms with Crippen LogP contribution in [0, 0.1) is 0 Å². The molecular formula is C31H20ClN3. The average molecular weight is 470 g/mol. The molecule has 0 aliphatic carbocycles. The number of hydrogen-bond acceptors (Lipinski definition) is 3. The maximum atomic E-state index is 6.44. The smallest absolute Gasteiger partial charge is 0.208 e. The van der Waals surface area contributed by atoms with Crippen LogP contribution in [0.1, 0.15) is 0 Å². The van der Waals surface area contributed by atoms with Gasteiger partial charge >= 0.3 is 0 Å². The fraction of sp³-hybridized carbons (Fsp3) is 0. The van der Waals surface area contributed by atoms with Crippen LogP contribution in [0.15, 0.2) is 121 Å². The fourth-order valence-corrected chi connectivity index (χ4v) is 4.60. The summed E-state index contributed by atoms with van der Waals surface area (Å²) in [5, 5.41) is 2.54. The summed E-state index contributed by atoms with van der Waals surface area (Å²) in [6.45, 7) is 0. The minimum absolute atomic E-state index is 0.169. The molecule has 0 saturated heterocycles. The van der Waals surface area contributed by atoms with Crippen molar-refractivity contribution in [2.24, 2.45) is 0 Å². The van der Waals surface area contributed by atoms with Crippen molar-refractivity contribution in [3.8, 4) is 45.0 Å². The summed E-state index contributed by atoms with van der Waals surface area (Å²) in [4.78, 5) is 13.8. The molecule has 35 heavy (non-hydrogen) atoms. The molecule has 0 amide bonds. The van der Waals surface area contributed by atoms with Crippen molar-refractivity contribution in [2.45, 2.75) is 0 Å². The molecule has 6 aromatic rings. The Morgan fingerprint density at radius 1 is 0.429 bits per heavy atom. The first-order chi connectivity index (χ1) is 17.3. The van der Waals surface area contributed by atoms with E-state index in [0.29, 0.717) is 11.6 Å². The zero-order valence-corrected chi connectivity index (χ0v) is 19.5. The summed E-state index contributed by atoms with van der Waals surface area (Å²) >= 11 is 6.44. The van der Waals surface area contributed by atoms with Crippen molar-refractivity contribution in [3.63, 3.8) is 0 Å². The van der Waals surface area contributed by atoms with Crippen molar-refractivity contribution in [1.82, 2.24) is 15.0 Å². The highest BCUT2D eigenvalue weighted by Crippen LogP contribution is 2.36. The summed E-state index contributed by atoms with van der Waals surface area (Å²) in [7, 11) is 0. The molecule has 5 aromatic carbocycles. The minimum atomic E-state index is 0.169. The standard InChI is InChI=1S/C31H20ClN3/c32-31-34-29(24-15-8-14-23(20-24)21-10-2-1-3-11-21)33-30(35-31)28-18-7-6-17-27(28)26-19-9-13-22-12-4-5-16-25(22)26/h1-20H. The average Bonchev–Trinajstić information content (AvgIpc) is 2.93. The molecule has 0 saturated carbocycles. The first-order valence-electron chi connectivity index (χ1n) is 11.4. The molecule has 0 aliphatic rings. The Bertz CT molecular complexity index is 1660. The Labute approximate surface area is 208 Å². The molecule has 0 bridgehead atoms. The van der Waals surface area contributed by atoms with Gasteiger partial charge in [0.05, 0.1) is 0 Å². The van der Waals surface area contributed by atoms with E-state index in [4.69, 9.17) is 16.6 Å². The monoisotopic (exact) mass is 469 g/mol. The molecule has 166 valence electrons. The van der Waals surface area contributed by atoms with Gasteiger partial charge in [0.15, 0.2) is 11.6 Å². The third kappa shape index (κ3) is 4.18. The predicted octanol–water partition coefficient (Wildman–Crippen LogP) is 8.35. The number of fused-ring (bicyclic) bond motifs is 1. The lowest BCUT2D eigenvalue weighted by Gasteiger charge is -2.12. The van der Waals surface area contributed by atoms with Gasteiger partial charge in [0.1, 0.15) is 0 Å². The molecule has 0 fully saturated rings. The highest BCUT2D eigenvalue weighted by Gasteiger charge is 2.15. The largest absolute Gasteiger partial charge is 0.226 e. The normalized spacial score (nSPS) is 11.0. The molecule has 3 nitrogen and oxygen atoms in total. The Morgan fingerprint density at radius 2 is 1.03 bits per heavy atom. The van der Waals surface area contributed by atoms with Crippen LogP contribution in [0.2, 0.25) is 5.28 Å². The highest BCUT2D eigenvalue weighted by atomic mass is 35.5. The SMILES string of the molecule is Clc1nc(-c2cccc(-c3ccccc3)c2)nc(-c2ccccc2-c2cccc3ccccc23)n1. The second-order valence-electron chi connectivity index (χ2n) is 8.27. The van der Waals surface area contributed by atoms with Gasteiger partial charge in [0.2, 0.25) is 5.28 Å². The van der Waals surface area contributed by atoms with E-state index in [1.165, 1.54) is 10.8 Å². The maximum absolute atomic E-state index is 6.44. The second-order valence-corrected chi connectivity index (χ2v) is 8.61. The molecule has 0 atom stereocenters. The van der Waals surface area contributed by atoms with Gasteiger partial charge in [-0.2, -0.15) is 9.97 Å². The summed E-state index contributed by atoms with van der Waals surface area (Å²) in [5.74, 6) is 1.10. The van der Waals surface area contributed by atoms with Crippen molar-refractivity contribution >= 4 is 22.4 Å². The van der Waals surface area contributed by atoms with E-state index in [1.54, 1.807) is 0 Å². The topological polar surface area (TPSA) is 38.7 Å². The van der Waals surface area contributed by atoms with Gasteiger partial charge in [-0.15, -0.1) is 0 Å². The first kappa shape index (κ1) is 21.2. The van der Waals surface area contributed by atoms with E-state index in [9.17, 15) is 0 Å². The van der Waals surface area contributed by atoms with Gasteiger partial charge < -0.3 is 0 Å². The summed E-state index contributed by atoms with van der Waals surface area (Å²) < 4.78 is 0. The van der Waals surface area contributed by atoms with Crippen LogP contribution in [0.5, 0.6) is 0 Å². The van der Waals surface area contributed by atoms with Crippen LogP contribution in [-0.4, -0.2) is 15.0 Å². The number of aromatic nitrogens is 3. The van der Waals surface area contributed by atoms with Crippen molar-refractivity contribution < 1.29 is 0 Å². The number of rotatable bonds is 4. The lowest BCUT2D eigenvalue weighted by Crippen LogP contribution is -1.99. The molecule has 1 heterocycles. The van der Waals surface area contributed by atoms with Gasteiger partial charge in [0.25, 0.3) is 0 Å². The van der Waals surface area contributed by atoms with Gasteiger partial charge in [0, 0.05) is 11.1 Å². The van der Waals surface area contributed by atoms with Gasteiger partial charge in [-0.1, -0.05) is 115 Å². The maximum Gasteiger partial charge on any atom is 0.226 e. The van der Waals surface area contributed by atoms with Crippen molar-refractivity contribution in [1.29, 1.82) is 0 Å². The molecule has 0 aliphatic heterocycles. The molecule has 0 N–H and O–H groups in total. The molecular weight excluding hydrogens is 450 g/mol. The number of nitrogens with zero attached hydrogens (tertiary/aromatic N) is 3. The van der Waals surface area contributed by atoms with E-state index in [2.05, 4.69) is 82.8 Å². The number of halogens is 1. The summed E-state index contributed by atoms with van der Waals surface area (Å²) in [6, 6.07) is 41.3. The lowest BCUT2D eigenvalue weighted by molar-refractivity contribution is 1.07. The van der Waals surface area contributed by atoms with E-state index in [1.807, 2.05) is 48.5 Å². The van der Waals surface area contributed by atoms with Gasteiger partial charge in [-0.05, 0) is 50.7 Å². The van der Waals surface area contributed by atoms with E-state index in [0.717, 1.165) is 33.4 Å².